The molecule has 0 aliphatic heterocycles. The van der Waals surface area contributed by atoms with Crippen LogP contribution in [0.25, 0.3) is 10.7 Å². The molecule has 17 heavy (non-hydrogen) atoms. The summed E-state index contributed by atoms with van der Waals surface area (Å²) in [5.41, 5.74) is 4.49. The molecule has 0 unspecified atom stereocenters. The maximum Gasteiger partial charge on any atom is 0.243 e. The number of aromatic amines is 1. The summed E-state index contributed by atoms with van der Waals surface area (Å²) in [6.45, 7) is 3.44. The lowest BCUT2D eigenvalue weighted by Crippen LogP contribution is -2.41. The van der Waals surface area contributed by atoms with Gasteiger partial charge in [0.2, 0.25) is 5.91 Å². The van der Waals surface area contributed by atoms with Gasteiger partial charge in [-0.2, -0.15) is 5.10 Å². The SMILES string of the molecule is CC(C)(C(N)=O)n1c(-c2cccs2)n[nH]c1=S. The Morgan fingerprint density at radius 2 is 2.35 bits per heavy atom. The quantitative estimate of drug-likeness (QED) is 0.835. The van der Waals surface area contributed by atoms with Gasteiger partial charge in [0.1, 0.15) is 5.54 Å². The van der Waals surface area contributed by atoms with Crippen LogP contribution in [0.15, 0.2) is 17.5 Å². The fraction of sp³-hybridized carbons (Fsp3) is 0.300. The Morgan fingerprint density at radius 1 is 1.65 bits per heavy atom. The second-order valence-electron chi connectivity index (χ2n) is 4.09. The van der Waals surface area contributed by atoms with Crippen molar-refractivity contribution in [1.82, 2.24) is 14.8 Å². The molecule has 0 aliphatic carbocycles. The van der Waals surface area contributed by atoms with Crippen LogP contribution in [0.5, 0.6) is 0 Å². The number of thiophene rings is 1. The average molecular weight is 268 g/mol. The highest BCUT2D eigenvalue weighted by atomic mass is 32.1. The zero-order valence-electron chi connectivity index (χ0n) is 9.43. The number of amides is 1. The van der Waals surface area contributed by atoms with E-state index in [4.69, 9.17) is 18.0 Å². The van der Waals surface area contributed by atoms with E-state index < -0.39 is 11.4 Å². The number of rotatable bonds is 3. The molecule has 0 aliphatic rings. The van der Waals surface area contributed by atoms with Crippen molar-refractivity contribution >= 4 is 29.5 Å². The number of hydrogen-bond donors (Lipinski definition) is 2. The molecule has 5 nitrogen and oxygen atoms in total. The number of nitrogens with zero attached hydrogens (tertiary/aromatic N) is 2. The van der Waals surface area contributed by atoms with Crippen molar-refractivity contribution in [1.29, 1.82) is 0 Å². The summed E-state index contributed by atoms with van der Waals surface area (Å²) in [6.07, 6.45) is 0. The van der Waals surface area contributed by atoms with E-state index in [0.717, 1.165) is 4.88 Å². The first-order chi connectivity index (χ1) is 7.94. The summed E-state index contributed by atoms with van der Waals surface area (Å²) in [5.74, 6) is 0.182. The minimum atomic E-state index is -0.913. The molecule has 1 amide bonds. The molecule has 0 atom stereocenters. The van der Waals surface area contributed by atoms with E-state index in [0.29, 0.717) is 10.6 Å². The zero-order chi connectivity index (χ0) is 12.6. The van der Waals surface area contributed by atoms with Crippen LogP contribution in [0.4, 0.5) is 0 Å². The van der Waals surface area contributed by atoms with E-state index in [1.54, 1.807) is 18.4 Å². The van der Waals surface area contributed by atoms with Gasteiger partial charge in [-0.05, 0) is 37.5 Å². The predicted octanol–water partition coefficient (Wildman–Crippen LogP) is 1.89. The number of hydrogen-bond acceptors (Lipinski definition) is 4. The summed E-state index contributed by atoms with van der Waals surface area (Å²) >= 11 is 6.69. The first-order valence-electron chi connectivity index (χ1n) is 4.96. The summed E-state index contributed by atoms with van der Waals surface area (Å²) < 4.78 is 2.04. The van der Waals surface area contributed by atoms with Gasteiger partial charge in [-0.25, -0.2) is 0 Å². The molecule has 3 N–H and O–H groups in total. The number of carbonyl (C=O) groups is 1. The molecule has 0 aromatic carbocycles. The molecule has 7 heteroatoms. The highest BCUT2D eigenvalue weighted by Crippen LogP contribution is 2.27. The van der Waals surface area contributed by atoms with Crippen LogP contribution in [0.1, 0.15) is 13.8 Å². The molecular formula is C10H12N4OS2. The molecule has 0 saturated heterocycles. The lowest BCUT2D eigenvalue weighted by molar-refractivity contribution is -0.125. The van der Waals surface area contributed by atoms with Crippen LogP contribution in [0.2, 0.25) is 0 Å². The molecule has 0 bridgehead atoms. The van der Waals surface area contributed by atoms with Crippen LogP contribution >= 0.6 is 23.6 Å². The van der Waals surface area contributed by atoms with Crippen molar-refractivity contribution in [2.24, 2.45) is 5.73 Å². The Bertz CT molecular complexity index is 594. The van der Waals surface area contributed by atoms with E-state index in [2.05, 4.69) is 10.2 Å². The van der Waals surface area contributed by atoms with E-state index in [-0.39, 0.29) is 0 Å². The molecular weight excluding hydrogens is 256 g/mol. The van der Waals surface area contributed by atoms with Crippen molar-refractivity contribution in [2.75, 3.05) is 0 Å². The van der Waals surface area contributed by atoms with E-state index >= 15 is 0 Å². The molecule has 0 saturated carbocycles. The third-order valence-electron chi connectivity index (χ3n) is 2.58. The normalized spacial score (nSPS) is 11.6. The number of aromatic nitrogens is 3. The second kappa shape index (κ2) is 4.08. The summed E-state index contributed by atoms with van der Waals surface area (Å²) in [5, 5.41) is 8.80. The first kappa shape index (κ1) is 12.0. The van der Waals surface area contributed by atoms with Crippen LogP contribution in [-0.2, 0) is 10.3 Å². The van der Waals surface area contributed by atoms with Crippen LogP contribution in [0.3, 0.4) is 0 Å². The molecule has 2 heterocycles. The largest absolute Gasteiger partial charge is 0.368 e. The van der Waals surface area contributed by atoms with Gasteiger partial charge < -0.3 is 5.73 Å². The monoisotopic (exact) mass is 268 g/mol. The Hall–Kier alpha value is -1.47. The van der Waals surface area contributed by atoms with Crippen molar-refractivity contribution in [2.45, 2.75) is 19.4 Å². The topological polar surface area (TPSA) is 76.7 Å². The summed E-state index contributed by atoms with van der Waals surface area (Å²) in [6, 6.07) is 3.84. The summed E-state index contributed by atoms with van der Waals surface area (Å²) in [7, 11) is 0. The number of carbonyl (C=O) groups excluding carboxylic acids is 1. The standard InChI is InChI=1S/C10H12N4OS2/c1-10(2,8(11)15)14-7(12-13-9(14)16)6-4-3-5-17-6/h3-5H,1-2H3,(H2,11,15)(H,13,16). The van der Waals surface area contributed by atoms with E-state index in [9.17, 15) is 4.79 Å². The van der Waals surface area contributed by atoms with E-state index in [1.807, 2.05) is 17.5 Å². The Kier molecular flexibility index (Phi) is 2.88. The first-order valence-corrected chi connectivity index (χ1v) is 6.25. The Labute approximate surface area is 107 Å². The van der Waals surface area contributed by atoms with Gasteiger partial charge in [0, 0.05) is 0 Å². The number of nitrogens with two attached hydrogens (primary N) is 1. The van der Waals surface area contributed by atoms with Crippen molar-refractivity contribution in [3.63, 3.8) is 0 Å². The van der Waals surface area contributed by atoms with Crippen molar-refractivity contribution in [3.8, 4) is 10.7 Å². The molecule has 90 valence electrons. The molecule has 2 aromatic rings. The summed E-state index contributed by atoms with van der Waals surface area (Å²) in [4.78, 5) is 12.4. The van der Waals surface area contributed by atoms with Gasteiger partial charge in [0.05, 0.1) is 4.88 Å². The lowest BCUT2D eigenvalue weighted by Gasteiger charge is -2.23. The minimum Gasteiger partial charge on any atom is -0.368 e. The van der Waals surface area contributed by atoms with Crippen LogP contribution < -0.4 is 5.73 Å². The third-order valence-corrected chi connectivity index (χ3v) is 3.72. The molecule has 0 radical (unpaired) electrons. The maximum absolute atomic E-state index is 11.5. The number of primary amides is 1. The van der Waals surface area contributed by atoms with E-state index in [1.165, 1.54) is 11.3 Å². The van der Waals surface area contributed by atoms with Gasteiger partial charge in [0.25, 0.3) is 0 Å². The minimum absolute atomic E-state index is 0.386. The maximum atomic E-state index is 11.5. The Morgan fingerprint density at radius 3 is 2.88 bits per heavy atom. The number of nitrogens with one attached hydrogen (secondary N) is 1. The van der Waals surface area contributed by atoms with Crippen molar-refractivity contribution < 1.29 is 4.79 Å². The smallest absolute Gasteiger partial charge is 0.243 e. The van der Waals surface area contributed by atoms with Crippen LogP contribution in [0, 0.1) is 4.77 Å². The van der Waals surface area contributed by atoms with Gasteiger partial charge in [-0.1, -0.05) is 6.07 Å². The van der Waals surface area contributed by atoms with Gasteiger partial charge >= 0.3 is 0 Å². The fourth-order valence-corrected chi connectivity index (χ4v) is 2.56. The lowest BCUT2D eigenvalue weighted by atomic mass is 10.0. The highest BCUT2D eigenvalue weighted by Gasteiger charge is 2.31. The van der Waals surface area contributed by atoms with Crippen molar-refractivity contribution in [3.05, 3.63) is 22.3 Å². The van der Waals surface area contributed by atoms with Gasteiger partial charge in [-0.3, -0.25) is 14.5 Å². The van der Waals surface area contributed by atoms with Gasteiger partial charge in [0.15, 0.2) is 10.6 Å². The number of H-pyrrole nitrogens is 1. The van der Waals surface area contributed by atoms with Gasteiger partial charge in [-0.15, -0.1) is 11.3 Å². The van der Waals surface area contributed by atoms with Crippen LogP contribution in [-0.4, -0.2) is 20.7 Å². The zero-order valence-corrected chi connectivity index (χ0v) is 11.1. The predicted molar refractivity (Wildman–Crippen MR) is 69.2 cm³/mol. The average Bonchev–Trinajstić information content (AvgIpc) is 2.85. The molecule has 0 fully saturated rings. The Balaban J connectivity index is 2.67. The molecule has 0 spiro atoms. The highest BCUT2D eigenvalue weighted by molar-refractivity contribution is 7.71. The second-order valence-corrected chi connectivity index (χ2v) is 5.42. The molecule has 2 aromatic heterocycles. The third kappa shape index (κ3) is 1.91. The fourth-order valence-electron chi connectivity index (χ4n) is 1.50. The molecule has 2 rings (SSSR count).